The van der Waals surface area contributed by atoms with Crippen LogP contribution in [-0.2, 0) is 5.41 Å². The quantitative estimate of drug-likeness (QED) is 0.913. The molecule has 1 aliphatic carbocycles. The number of nitrogens with one attached hydrogen (secondary N) is 1. The Morgan fingerprint density at radius 3 is 2.89 bits per heavy atom. The summed E-state index contributed by atoms with van der Waals surface area (Å²) >= 11 is 1.71. The second-order valence-corrected chi connectivity index (χ2v) is 7.08. The van der Waals surface area contributed by atoms with Gasteiger partial charge in [0.25, 0.3) is 0 Å². The maximum Gasteiger partial charge on any atom is 0.234 e. The second kappa shape index (κ2) is 4.24. The highest BCUT2D eigenvalue weighted by atomic mass is 32.1. The van der Waals surface area contributed by atoms with Crippen molar-refractivity contribution in [3.8, 4) is 0 Å². The summed E-state index contributed by atoms with van der Waals surface area (Å²) < 4.78 is 2.01. The third-order valence-electron chi connectivity index (χ3n) is 4.62. The Balaban J connectivity index is 1.75. The highest BCUT2D eigenvalue weighted by Crippen LogP contribution is 2.36. The first kappa shape index (κ1) is 11.8. The molecule has 0 aromatic carbocycles. The van der Waals surface area contributed by atoms with Crippen LogP contribution in [0.2, 0.25) is 0 Å². The van der Waals surface area contributed by atoms with E-state index in [1.165, 1.54) is 30.7 Å². The molecule has 0 bridgehead atoms. The van der Waals surface area contributed by atoms with E-state index in [2.05, 4.69) is 22.4 Å². The van der Waals surface area contributed by atoms with Crippen LogP contribution in [0.1, 0.15) is 55.8 Å². The molecule has 3 heterocycles. The molecule has 1 N–H and O–H groups in total. The van der Waals surface area contributed by atoms with Crippen molar-refractivity contribution in [2.45, 2.75) is 50.4 Å². The van der Waals surface area contributed by atoms with Gasteiger partial charge < -0.3 is 5.32 Å². The number of hydrogen-bond acceptors (Lipinski definition) is 5. The van der Waals surface area contributed by atoms with Crippen molar-refractivity contribution in [3.05, 3.63) is 10.8 Å². The molecule has 2 aromatic heterocycles. The molecule has 1 atom stereocenters. The normalized spacial score (nSPS) is 28.7. The first-order valence-corrected chi connectivity index (χ1v) is 8.01. The molecule has 1 saturated carbocycles. The van der Waals surface area contributed by atoms with E-state index in [0.717, 1.165) is 30.3 Å². The van der Waals surface area contributed by atoms with E-state index in [4.69, 9.17) is 5.10 Å². The molecule has 5 nitrogen and oxygen atoms in total. The van der Waals surface area contributed by atoms with E-state index in [1.807, 2.05) is 4.52 Å². The molecule has 0 radical (unpaired) electrons. The Bertz CT molecular complexity index is 589. The monoisotopic (exact) mass is 277 g/mol. The minimum Gasteiger partial charge on any atom is -0.316 e. The average molecular weight is 277 g/mol. The molecular formula is C13H19N5S. The van der Waals surface area contributed by atoms with Gasteiger partial charge >= 0.3 is 0 Å². The van der Waals surface area contributed by atoms with Crippen LogP contribution < -0.4 is 5.32 Å². The van der Waals surface area contributed by atoms with Gasteiger partial charge in [0, 0.05) is 17.9 Å². The molecule has 6 heteroatoms. The molecule has 2 aromatic rings. The van der Waals surface area contributed by atoms with Gasteiger partial charge in [-0.15, -0.1) is 10.2 Å². The van der Waals surface area contributed by atoms with Crippen molar-refractivity contribution < 1.29 is 0 Å². The van der Waals surface area contributed by atoms with Gasteiger partial charge in [0.05, 0.1) is 0 Å². The number of rotatable bonds is 2. The number of hydrogen-bond donors (Lipinski definition) is 1. The molecule has 102 valence electrons. The van der Waals surface area contributed by atoms with Crippen molar-refractivity contribution in [2.24, 2.45) is 0 Å². The predicted molar refractivity (Wildman–Crippen MR) is 74.7 cm³/mol. The molecule has 1 aliphatic heterocycles. The van der Waals surface area contributed by atoms with Crippen LogP contribution in [-0.4, -0.2) is 32.9 Å². The van der Waals surface area contributed by atoms with Crippen LogP contribution in [0, 0.1) is 0 Å². The average Bonchev–Trinajstić information content (AvgIpc) is 3.12. The molecule has 0 spiro atoms. The predicted octanol–water partition coefficient (Wildman–Crippen LogP) is 2.09. The summed E-state index contributed by atoms with van der Waals surface area (Å²) in [6.45, 7) is 4.41. The van der Waals surface area contributed by atoms with Crippen molar-refractivity contribution in [2.75, 3.05) is 13.1 Å². The number of nitrogens with zero attached hydrogens (tertiary/aromatic N) is 4. The van der Waals surface area contributed by atoms with Crippen LogP contribution in [0.25, 0.3) is 4.96 Å². The first-order chi connectivity index (χ1) is 9.26. The van der Waals surface area contributed by atoms with Gasteiger partial charge in [0.2, 0.25) is 4.96 Å². The fourth-order valence-electron chi connectivity index (χ4n) is 3.31. The Labute approximate surface area is 116 Å². The number of fused-ring (bicyclic) bond motifs is 1. The minimum atomic E-state index is 0.179. The van der Waals surface area contributed by atoms with Gasteiger partial charge in [-0.3, -0.25) is 0 Å². The fourth-order valence-corrected chi connectivity index (χ4v) is 4.33. The first-order valence-electron chi connectivity index (χ1n) is 7.20. The van der Waals surface area contributed by atoms with Gasteiger partial charge in [-0.2, -0.15) is 9.61 Å². The summed E-state index contributed by atoms with van der Waals surface area (Å²) in [4.78, 5) is 0.963. The van der Waals surface area contributed by atoms with Gasteiger partial charge in [0.15, 0.2) is 5.82 Å². The van der Waals surface area contributed by atoms with Gasteiger partial charge in [0.1, 0.15) is 5.01 Å². The van der Waals surface area contributed by atoms with E-state index < -0.39 is 0 Å². The second-order valence-electron chi connectivity index (χ2n) is 6.13. The largest absolute Gasteiger partial charge is 0.316 e. The van der Waals surface area contributed by atoms with Crippen LogP contribution >= 0.6 is 11.3 Å². The van der Waals surface area contributed by atoms with Crippen molar-refractivity contribution >= 4 is 16.3 Å². The fraction of sp³-hybridized carbons (Fsp3) is 0.769. The maximum absolute atomic E-state index is 4.84. The van der Waals surface area contributed by atoms with E-state index in [9.17, 15) is 0 Å². The van der Waals surface area contributed by atoms with Gasteiger partial charge in [-0.1, -0.05) is 31.1 Å². The zero-order valence-corrected chi connectivity index (χ0v) is 12.0. The van der Waals surface area contributed by atoms with E-state index in [1.54, 1.807) is 11.3 Å². The number of aromatic nitrogens is 4. The zero-order chi connectivity index (χ0) is 12.9. The van der Waals surface area contributed by atoms with Crippen LogP contribution in [0.5, 0.6) is 0 Å². The molecule has 4 rings (SSSR count). The SMILES string of the molecule is CC1(c2nn3c(C4CCCC4)nnc3s2)CCNC1. The van der Waals surface area contributed by atoms with Crippen molar-refractivity contribution in [3.63, 3.8) is 0 Å². The van der Waals surface area contributed by atoms with E-state index in [0.29, 0.717) is 5.92 Å². The summed E-state index contributed by atoms with van der Waals surface area (Å²) in [6.07, 6.45) is 6.28. The minimum absolute atomic E-state index is 0.179. The maximum atomic E-state index is 4.84. The van der Waals surface area contributed by atoms with Crippen molar-refractivity contribution in [1.82, 2.24) is 25.1 Å². The van der Waals surface area contributed by atoms with Gasteiger partial charge in [-0.25, -0.2) is 0 Å². The van der Waals surface area contributed by atoms with Gasteiger partial charge in [-0.05, 0) is 25.8 Å². The molecule has 1 saturated heterocycles. The third-order valence-corrected chi connectivity index (χ3v) is 5.83. The highest BCUT2D eigenvalue weighted by Gasteiger charge is 2.35. The van der Waals surface area contributed by atoms with Crippen molar-refractivity contribution in [1.29, 1.82) is 0 Å². The highest BCUT2D eigenvalue weighted by molar-refractivity contribution is 7.16. The Hall–Kier alpha value is -1.01. The molecule has 2 aliphatic rings. The summed E-state index contributed by atoms with van der Waals surface area (Å²) in [7, 11) is 0. The lowest BCUT2D eigenvalue weighted by Crippen LogP contribution is -2.25. The lowest BCUT2D eigenvalue weighted by Gasteiger charge is -2.18. The molecular weight excluding hydrogens is 258 g/mol. The summed E-state index contributed by atoms with van der Waals surface area (Å²) in [5.74, 6) is 1.66. The summed E-state index contributed by atoms with van der Waals surface area (Å²) in [6, 6.07) is 0. The zero-order valence-electron chi connectivity index (χ0n) is 11.2. The van der Waals surface area contributed by atoms with E-state index in [-0.39, 0.29) is 5.41 Å². The third kappa shape index (κ3) is 1.80. The molecule has 1 unspecified atom stereocenters. The smallest absolute Gasteiger partial charge is 0.234 e. The Kier molecular flexibility index (Phi) is 2.63. The Morgan fingerprint density at radius 2 is 2.16 bits per heavy atom. The molecule has 2 fully saturated rings. The van der Waals surface area contributed by atoms with E-state index >= 15 is 0 Å². The summed E-state index contributed by atoms with van der Waals surface area (Å²) in [5, 5.41) is 18.2. The topological polar surface area (TPSA) is 55.1 Å². The lowest BCUT2D eigenvalue weighted by molar-refractivity contribution is 0.509. The van der Waals surface area contributed by atoms with Crippen LogP contribution in [0.3, 0.4) is 0 Å². The molecule has 0 amide bonds. The Morgan fingerprint density at radius 1 is 1.32 bits per heavy atom. The van der Waals surface area contributed by atoms with Crippen LogP contribution in [0.15, 0.2) is 0 Å². The van der Waals surface area contributed by atoms with Crippen LogP contribution in [0.4, 0.5) is 0 Å². The summed E-state index contributed by atoms with van der Waals surface area (Å²) in [5.41, 5.74) is 0.179. The standard InChI is InChI=1S/C13H19N5S/c1-13(6-7-14-8-13)11-17-18-10(9-4-2-3-5-9)15-16-12(18)19-11/h9,14H,2-8H2,1H3. The molecule has 19 heavy (non-hydrogen) atoms. The lowest BCUT2D eigenvalue weighted by atomic mass is 9.91.